The van der Waals surface area contributed by atoms with Gasteiger partial charge in [-0.25, -0.2) is 4.98 Å². The van der Waals surface area contributed by atoms with E-state index >= 15 is 0 Å². The quantitative estimate of drug-likeness (QED) is 0.857. The second-order valence-corrected chi connectivity index (χ2v) is 6.40. The van der Waals surface area contributed by atoms with Gasteiger partial charge in [-0.1, -0.05) is 0 Å². The number of nitrogens with zero attached hydrogens (tertiary/aromatic N) is 5. The fourth-order valence-electron chi connectivity index (χ4n) is 3.03. The largest absolute Gasteiger partial charge is 0.299 e. The van der Waals surface area contributed by atoms with Gasteiger partial charge in [-0.15, -0.1) is 0 Å². The highest BCUT2D eigenvalue weighted by Gasteiger charge is 2.20. The van der Waals surface area contributed by atoms with Crippen LogP contribution in [0, 0.1) is 19.8 Å². The van der Waals surface area contributed by atoms with Gasteiger partial charge in [0.25, 0.3) is 5.56 Å². The molecule has 6 nitrogen and oxygen atoms in total. The van der Waals surface area contributed by atoms with Gasteiger partial charge >= 0.3 is 0 Å². The summed E-state index contributed by atoms with van der Waals surface area (Å²) >= 11 is 0. The summed E-state index contributed by atoms with van der Waals surface area (Å²) in [7, 11) is 0. The summed E-state index contributed by atoms with van der Waals surface area (Å²) in [6, 6.07) is 0. The summed E-state index contributed by atoms with van der Waals surface area (Å²) in [6.45, 7) is 7.46. The molecule has 3 rings (SSSR count). The van der Waals surface area contributed by atoms with Gasteiger partial charge in [0.15, 0.2) is 0 Å². The minimum absolute atomic E-state index is 0.0809. The number of hydrogen-bond acceptors (Lipinski definition) is 5. The van der Waals surface area contributed by atoms with Crippen LogP contribution in [0.15, 0.2) is 29.7 Å². The molecule has 6 heteroatoms. The topological polar surface area (TPSA) is 63.9 Å². The zero-order chi connectivity index (χ0) is 16.2. The van der Waals surface area contributed by atoms with Crippen LogP contribution >= 0.6 is 0 Å². The van der Waals surface area contributed by atoms with Crippen LogP contribution in [0.2, 0.25) is 0 Å². The molecule has 0 saturated carbocycles. The van der Waals surface area contributed by atoms with E-state index in [2.05, 4.69) is 19.9 Å². The van der Waals surface area contributed by atoms with E-state index in [1.165, 1.54) is 0 Å². The molecule has 2 aromatic heterocycles. The zero-order valence-electron chi connectivity index (χ0n) is 13.8. The number of likely N-dealkylation sites (tertiary alicyclic amines) is 1. The summed E-state index contributed by atoms with van der Waals surface area (Å²) in [5.74, 6) is 0.539. The van der Waals surface area contributed by atoms with Crippen LogP contribution < -0.4 is 5.56 Å². The van der Waals surface area contributed by atoms with Crippen molar-refractivity contribution in [3.05, 3.63) is 52.2 Å². The molecule has 1 aliphatic rings. The second-order valence-electron chi connectivity index (χ2n) is 6.40. The molecule has 2 aromatic rings. The molecular formula is C17H23N5O. The number of hydrogen-bond donors (Lipinski definition) is 0. The van der Waals surface area contributed by atoms with E-state index in [-0.39, 0.29) is 5.56 Å². The van der Waals surface area contributed by atoms with Crippen LogP contribution in [0.5, 0.6) is 0 Å². The maximum atomic E-state index is 12.1. The number of aromatic nitrogens is 4. The van der Waals surface area contributed by atoms with E-state index in [0.29, 0.717) is 11.5 Å². The minimum Gasteiger partial charge on any atom is -0.299 e. The average Bonchev–Trinajstić information content (AvgIpc) is 2.56. The summed E-state index contributed by atoms with van der Waals surface area (Å²) in [5.41, 5.74) is 2.76. The highest BCUT2D eigenvalue weighted by atomic mass is 16.1. The smallest absolute Gasteiger partial charge is 0.256 e. The number of piperidine rings is 1. The fraction of sp³-hybridized carbons (Fsp3) is 0.529. The van der Waals surface area contributed by atoms with Crippen molar-refractivity contribution in [3.8, 4) is 0 Å². The first-order valence-electron chi connectivity index (χ1n) is 8.13. The fourth-order valence-corrected chi connectivity index (χ4v) is 3.03. The molecule has 0 N–H and O–H groups in total. The Morgan fingerprint density at radius 2 is 1.91 bits per heavy atom. The molecule has 1 aliphatic heterocycles. The molecule has 0 aromatic carbocycles. The van der Waals surface area contributed by atoms with E-state index in [1.54, 1.807) is 17.1 Å². The van der Waals surface area contributed by atoms with E-state index in [4.69, 9.17) is 0 Å². The van der Waals surface area contributed by atoms with Crippen LogP contribution in [0.3, 0.4) is 0 Å². The highest BCUT2D eigenvalue weighted by Crippen LogP contribution is 2.19. The molecule has 0 radical (unpaired) electrons. The van der Waals surface area contributed by atoms with Crippen molar-refractivity contribution in [1.29, 1.82) is 0 Å². The van der Waals surface area contributed by atoms with Crippen molar-refractivity contribution in [2.24, 2.45) is 5.92 Å². The maximum Gasteiger partial charge on any atom is 0.256 e. The Morgan fingerprint density at radius 3 is 2.61 bits per heavy atom. The van der Waals surface area contributed by atoms with Gasteiger partial charge in [-0.2, -0.15) is 0 Å². The first-order valence-corrected chi connectivity index (χ1v) is 8.13. The SMILES string of the molecule is Cc1cnc(CN2CCC(Cn3cncc(C)c3=O)CC2)cn1. The summed E-state index contributed by atoms with van der Waals surface area (Å²) < 4.78 is 1.75. The first-order chi connectivity index (χ1) is 11.1. The van der Waals surface area contributed by atoms with Crippen molar-refractivity contribution in [2.45, 2.75) is 39.8 Å². The maximum absolute atomic E-state index is 12.1. The molecule has 0 aliphatic carbocycles. The Hall–Kier alpha value is -2.08. The molecule has 23 heavy (non-hydrogen) atoms. The molecule has 1 saturated heterocycles. The molecule has 1 fully saturated rings. The Labute approximate surface area is 136 Å². The van der Waals surface area contributed by atoms with E-state index in [1.807, 2.05) is 26.2 Å². The van der Waals surface area contributed by atoms with Crippen LogP contribution in [-0.4, -0.2) is 37.5 Å². The molecule has 0 bridgehead atoms. The standard InChI is InChI=1S/C17H23N5O/c1-13-7-18-12-22(17(13)23)10-15-3-5-21(6-4-15)11-16-9-19-14(2)8-20-16/h7-9,12,15H,3-6,10-11H2,1-2H3. The molecular weight excluding hydrogens is 290 g/mol. The van der Waals surface area contributed by atoms with Crippen molar-refractivity contribution in [3.63, 3.8) is 0 Å². The van der Waals surface area contributed by atoms with Crippen molar-refractivity contribution in [1.82, 2.24) is 24.4 Å². The summed E-state index contributed by atoms with van der Waals surface area (Å²) in [4.78, 5) is 27.3. The monoisotopic (exact) mass is 313 g/mol. The van der Waals surface area contributed by atoms with Crippen LogP contribution in [-0.2, 0) is 13.1 Å². The Bertz CT molecular complexity index is 702. The van der Waals surface area contributed by atoms with E-state index in [9.17, 15) is 4.79 Å². The molecule has 0 amide bonds. The minimum atomic E-state index is 0.0809. The van der Waals surface area contributed by atoms with Gasteiger partial charge in [0, 0.05) is 37.2 Å². The predicted molar refractivity (Wildman–Crippen MR) is 88.0 cm³/mol. The Kier molecular flexibility index (Phi) is 4.81. The molecule has 0 spiro atoms. The Balaban J connectivity index is 1.53. The van der Waals surface area contributed by atoms with Gasteiger partial charge in [0.1, 0.15) is 0 Å². The van der Waals surface area contributed by atoms with E-state index in [0.717, 1.165) is 50.4 Å². The third-order valence-electron chi connectivity index (χ3n) is 4.45. The lowest BCUT2D eigenvalue weighted by Gasteiger charge is -2.31. The highest BCUT2D eigenvalue weighted by molar-refractivity contribution is 5.02. The van der Waals surface area contributed by atoms with Crippen molar-refractivity contribution < 1.29 is 0 Å². The summed E-state index contributed by atoms with van der Waals surface area (Å²) in [5, 5.41) is 0. The third kappa shape index (κ3) is 4.01. The van der Waals surface area contributed by atoms with Crippen molar-refractivity contribution >= 4 is 0 Å². The molecule has 0 unspecified atom stereocenters. The van der Waals surface area contributed by atoms with Crippen molar-refractivity contribution in [2.75, 3.05) is 13.1 Å². The first kappa shape index (κ1) is 15.8. The van der Waals surface area contributed by atoms with Gasteiger partial charge < -0.3 is 0 Å². The number of aryl methyl sites for hydroxylation is 2. The average molecular weight is 313 g/mol. The second kappa shape index (κ2) is 7.00. The summed E-state index contributed by atoms with van der Waals surface area (Å²) in [6.07, 6.45) is 9.16. The van der Waals surface area contributed by atoms with Gasteiger partial charge in [-0.3, -0.25) is 24.2 Å². The molecule has 3 heterocycles. The lowest BCUT2D eigenvalue weighted by atomic mass is 9.96. The lowest BCUT2D eigenvalue weighted by molar-refractivity contribution is 0.164. The van der Waals surface area contributed by atoms with Gasteiger partial charge in [0.2, 0.25) is 0 Å². The normalized spacial score (nSPS) is 16.6. The van der Waals surface area contributed by atoms with E-state index < -0.39 is 0 Å². The number of rotatable bonds is 4. The molecule has 0 atom stereocenters. The van der Waals surface area contributed by atoms with Gasteiger partial charge in [0.05, 0.1) is 17.7 Å². The predicted octanol–water partition coefficient (Wildman–Crippen LogP) is 1.56. The van der Waals surface area contributed by atoms with Gasteiger partial charge in [-0.05, 0) is 45.7 Å². The Morgan fingerprint density at radius 1 is 1.13 bits per heavy atom. The van der Waals surface area contributed by atoms with Crippen LogP contribution in [0.4, 0.5) is 0 Å². The van der Waals surface area contributed by atoms with Crippen LogP contribution in [0.1, 0.15) is 29.8 Å². The van der Waals surface area contributed by atoms with Crippen LogP contribution in [0.25, 0.3) is 0 Å². The molecule has 122 valence electrons. The third-order valence-corrected chi connectivity index (χ3v) is 4.45. The lowest BCUT2D eigenvalue weighted by Crippen LogP contribution is -2.36. The zero-order valence-corrected chi connectivity index (χ0v) is 13.8.